The van der Waals surface area contributed by atoms with E-state index in [4.69, 9.17) is 18.9 Å². The zero-order chi connectivity index (χ0) is 28.6. The van der Waals surface area contributed by atoms with E-state index in [0.717, 1.165) is 117 Å². The van der Waals surface area contributed by atoms with E-state index in [2.05, 4.69) is 28.2 Å². The van der Waals surface area contributed by atoms with E-state index < -0.39 is 0 Å². The molecular formula is C32H58N2O6+2. The first kappa shape index (κ1) is 32.0. The summed E-state index contributed by atoms with van der Waals surface area (Å²) in [6.45, 7) is 5.56. The SMILES string of the molecule is C[N+](C)(CC(=O)C1CCC(C2CCC(C(=O)C[N+](C)(C)CC3OCCCCO3)CC2)CC1)CC1OCCCCO1. The van der Waals surface area contributed by atoms with Crippen molar-refractivity contribution in [3.05, 3.63) is 0 Å². The largest absolute Gasteiger partial charge is 0.348 e. The van der Waals surface area contributed by atoms with Crippen molar-refractivity contribution < 1.29 is 37.5 Å². The number of nitrogens with zero attached hydrogens (tertiary/aromatic N) is 2. The van der Waals surface area contributed by atoms with Gasteiger partial charge in [-0.2, -0.15) is 0 Å². The standard InChI is InChI=1S/C32H58N2O6/c1-33(2,23-31-37-17-5-6-18-38-31)21-29(35)27-13-9-25(10-14-27)26-11-15-28(16-12-26)30(36)22-34(3,4)24-32-39-19-7-8-20-40-32/h25-28,31-32H,5-24H2,1-4H3/q+2. The lowest BCUT2D eigenvalue weighted by atomic mass is 9.68. The average molecular weight is 567 g/mol. The minimum Gasteiger partial charge on any atom is -0.348 e. The van der Waals surface area contributed by atoms with E-state index in [-0.39, 0.29) is 24.4 Å². The first-order chi connectivity index (χ1) is 19.1. The van der Waals surface area contributed by atoms with E-state index in [9.17, 15) is 9.59 Å². The highest BCUT2D eigenvalue weighted by atomic mass is 16.7. The molecule has 40 heavy (non-hydrogen) atoms. The van der Waals surface area contributed by atoms with Crippen LogP contribution in [-0.4, -0.2) is 114 Å². The quantitative estimate of drug-likeness (QED) is 0.349. The zero-order valence-electron chi connectivity index (χ0n) is 26.0. The molecule has 0 atom stereocenters. The van der Waals surface area contributed by atoms with E-state index >= 15 is 0 Å². The highest BCUT2D eigenvalue weighted by Crippen LogP contribution is 2.42. The summed E-state index contributed by atoms with van der Waals surface area (Å²) in [6, 6.07) is 0. The number of Topliss-reactive ketones (excluding diaryl/α,β-unsaturated/α-hetero) is 2. The van der Waals surface area contributed by atoms with Crippen LogP contribution in [0.1, 0.15) is 77.0 Å². The third-order valence-electron chi connectivity index (χ3n) is 9.87. The van der Waals surface area contributed by atoms with Gasteiger partial charge in [-0.25, -0.2) is 0 Å². The summed E-state index contributed by atoms with van der Waals surface area (Å²) < 4.78 is 24.6. The second kappa shape index (κ2) is 15.0. The number of likely N-dealkylation sites (N-methyl/N-ethyl adjacent to an activating group) is 2. The lowest BCUT2D eigenvalue weighted by Gasteiger charge is -2.39. The van der Waals surface area contributed by atoms with Gasteiger partial charge in [-0.1, -0.05) is 0 Å². The fraction of sp³-hybridized carbons (Fsp3) is 0.938. The summed E-state index contributed by atoms with van der Waals surface area (Å²) in [4.78, 5) is 26.5. The van der Waals surface area contributed by atoms with E-state index in [0.29, 0.717) is 45.5 Å². The molecule has 4 fully saturated rings. The van der Waals surface area contributed by atoms with Crippen LogP contribution in [0.5, 0.6) is 0 Å². The topological polar surface area (TPSA) is 71.1 Å². The number of ether oxygens (including phenoxy) is 4. The zero-order valence-corrected chi connectivity index (χ0v) is 26.0. The van der Waals surface area contributed by atoms with Gasteiger partial charge in [0.15, 0.2) is 11.6 Å². The van der Waals surface area contributed by atoms with Gasteiger partial charge in [-0.15, -0.1) is 0 Å². The number of rotatable bonds is 11. The smallest absolute Gasteiger partial charge is 0.207 e. The molecule has 2 saturated carbocycles. The maximum Gasteiger partial charge on any atom is 0.207 e. The highest BCUT2D eigenvalue weighted by Gasteiger charge is 2.38. The first-order valence-corrected chi connectivity index (χ1v) is 16.3. The number of carbonyl (C=O) groups excluding carboxylic acids is 2. The fourth-order valence-corrected chi connectivity index (χ4v) is 7.44. The molecule has 0 radical (unpaired) electrons. The molecular weight excluding hydrogens is 508 g/mol. The van der Waals surface area contributed by atoms with Crippen LogP contribution in [0.2, 0.25) is 0 Å². The molecule has 0 aromatic carbocycles. The summed E-state index contributed by atoms with van der Waals surface area (Å²) in [6.07, 6.45) is 12.5. The summed E-state index contributed by atoms with van der Waals surface area (Å²) in [5.74, 6) is 2.64. The molecule has 0 N–H and O–H groups in total. The minimum absolute atomic E-state index is 0.197. The Morgan fingerprint density at radius 3 is 1.12 bits per heavy atom. The Bertz CT molecular complexity index is 719. The Hall–Kier alpha value is -0.900. The van der Waals surface area contributed by atoms with Gasteiger partial charge in [0.25, 0.3) is 0 Å². The van der Waals surface area contributed by atoms with Crippen LogP contribution in [0.4, 0.5) is 0 Å². The van der Waals surface area contributed by atoms with Crippen LogP contribution in [0, 0.1) is 23.7 Å². The molecule has 8 heteroatoms. The molecule has 0 amide bonds. The van der Waals surface area contributed by atoms with Gasteiger partial charge in [0.1, 0.15) is 26.2 Å². The second-order valence-corrected chi connectivity index (χ2v) is 14.5. The third-order valence-corrected chi connectivity index (χ3v) is 9.87. The lowest BCUT2D eigenvalue weighted by Crippen LogP contribution is -2.51. The van der Waals surface area contributed by atoms with Crippen molar-refractivity contribution in [2.75, 3.05) is 80.8 Å². The van der Waals surface area contributed by atoms with Crippen LogP contribution >= 0.6 is 0 Å². The van der Waals surface area contributed by atoms with Crippen LogP contribution in [-0.2, 0) is 28.5 Å². The molecule has 4 rings (SSSR count). The summed E-state index contributed by atoms with van der Waals surface area (Å²) >= 11 is 0. The molecule has 0 bridgehead atoms. The number of hydrogen-bond donors (Lipinski definition) is 0. The lowest BCUT2D eigenvalue weighted by molar-refractivity contribution is -0.888. The van der Waals surface area contributed by atoms with Crippen molar-refractivity contribution in [2.24, 2.45) is 23.7 Å². The Morgan fingerprint density at radius 1 is 0.525 bits per heavy atom. The molecule has 2 aliphatic carbocycles. The Balaban J connectivity index is 1.15. The van der Waals surface area contributed by atoms with E-state index in [1.807, 2.05) is 0 Å². The first-order valence-electron chi connectivity index (χ1n) is 16.3. The van der Waals surface area contributed by atoms with E-state index in [1.165, 1.54) is 0 Å². The van der Waals surface area contributed by atoms with Gasteiger partial charge in [0, 0.05) is 11.8 Å². The maximum absolute atomic E-state index is 13.2. The number of quaternary nitrogens is 2. The molecule has 0 aromatic heterocycles. The number of carbonyl (C=O) groups is 2. The van der Waals surface area contributed by atoms with Gasteiger partial charge in [0.05, 0.1) is 54.6 Å². The van der Waals surface area contributed by atoms with Gasteiger partial charge in [-0.05, 0) is 88.9 Å². The van der Waals surface area contributed by atoms with Crippen LogP contribution < -0.4 is 0 Å². The molecule has 0 unspecified atom stereocenters. The van der Waals surface area contributed by atoms with Crippen molar-refractivity contribution in [1.29, 1.82) is 0 Å². The Labute approximate surface area is 243 Å². The molecule has 0 aromatic rings. The van der Waals surface area contributed by atoms with Gasteiger partial charge < -0.3 is 27.9 Å². The van der Waals surface area contributed by atoms with Crippen molar-refractivity contribution in [2.45, 2.75) is 89.6 Å². The molecule has 2 saturated heterocycles. The van der Waals surface area contributed by atoms with Crippen molar-refractivity contribution >= 4 is 11.6 Å². The predicted octanol–water partition coefficient (Wildman–Crippen LogP) is 4.20. The molecule has 4 aliphatic rings. The maximum atomic E-state index is 13.2. The van der Waals surface area contributed by atoms with Crippen molar-refractivity contribution in [3.63, 3.8) is 0 Å². The van der Waals surface area contributed by atoms with Crippen molar-refractivity contribution in [1.82, 2.24) is 0 Å². The van der Waals surface area contributed by atoms with Gasteiger partial charge in [-0.3, -0.25) is 9.59 Å². The Morgan fingerprint density at radius 2 is 0.825 bits per heavy atom. The molecule has 2 heterocycles. The summed E-state index contributed by atoms with van der Waals surface area (Å²) in [5, 5.41) is 0. The van der Waals surface area contributed by atoms with Crippen molar-refractivity contribution in [3.8, 4) is 0 Å². The van der Waals surface area contributed by atoms with E-state index in [1.54, 1.807) is 0 Å². The monoisotopic (exact) mass is 566 g/mol. The normalized spacial score (nSPS) is 30.4. The van der Waals surface area contributed by atoms with Gasteiger partial charge >= 0.3 is 0 Å². The summed E-state index contributed by atoms with van der Waals surface area (Å²) in [7, 11) is 8.50. The average Bonchev–Trinajstić information content (AvgIpc) is 3.32. The van der Waals surface area contributed by atoms with Crippen LogP contribution in [0.25, 0.3) is 0 Å². The second-order valence-electron chi connectivity index (χ2n) is 14.5. The fourth-order valence-electron chi connectivity index (χ4n) is 7.44. The predicted molar refractivity (Wildman–Crippen MR) is 154 cm³/mol. The molecule has 230 valence electrons. The number of ketones is 2. The summed E-state index contributed by atoms with van der Waals surface area (Å²) in [5.41, 5.74) is 0. The molecule has 8 nitrogen and oxygen atoms in total. The third kappa shape index (κ3) is 10.1. The Kier molecular flexibility index (Phi) is 12.0. The van der Waals surface area contributed by atoms with Crippen LogP contribution in [0.3, 0.4) is 0 Å². The van der Waals surface area contributed by atoms with Crippen LogP contribution in [0.15, 0.2) is 0 Å². The molecule has 0 spiro atoms. The molecule has 2 aliphatic heterocycles. The number of hydrogen-bond acceptors (Lipinski definition) is 6. The minimum atomic E-state index is -0.197. The van der Waals surface area contributed by atoms with Gasteiger partial charge in [0.2, 0.25) is 12.6 Å². The highest BCUT2D eigenvalue weighted by molar-refractivity contribution is 5.82.